The summed E-state index contributed by atoms with van der Waals surface area (Å²) in [6, 6.07) is 0. The molecule has 3 aromatic rings. The SMILES string of the molecule is Cn1c(=O)n(CCOCCC(=O)N2CCN(c3ncc(C(F)(F)F)cn3)CC2)c2cn[nH]c(=O)c21. The van der Waals surface area contributed by atoms with Crippen LogP contribution in [0.5, 0.6) is 0 Å². The second-order valence-corrected chi connectivity index (χ2v) is 7.93. The van der Waals surface area contributed by atoms with Crippen LogP contribution in [0.25, 0.3) is 11.0 Å². The number of alkyl halides is 3. The lowest BCUT2D eigenvalue weighted by Crippen LogP contribution is -2.49. The molecule has 3 aromatic heterocycles. The zero-order valence-corrected chi connectivity index (χ0v) is 18.8. The summed E-state index contributed by atoms with van der Waals surface area (Å²) in [6.45, 7) is 2.08. The minimum Gasteiger partial charge on any atom is -0.379 e. The fourth-order valence-corrected chi connectivity index (χ4v) is 3.86. The smallest absolute Gasteiger partial charge is 0.379 e. The molecule has 1 aliphatic rings. The summed E-state index contributed by atoms with van der Waals surface area (Å²) < 4.78 is 46.1. The van der Waals surface area contributed by atoms with E-state index < -0.39 is 17.3 Å². The quantitative estimate of drug-likeness (QED) is 0.452. The number of hydrogen-bond donors (Lipinski definition) is 1. The van der Waals surface area contributed by atoms with Gasteiger partial charge in [-0.05, 0) is 0 Å². The van der Waals surface area contributed by atoms with Crippen molar-refractivity contribution in [2.24, 2.45) is 7.05 Å². The Balaban J connectivity index is 1.21. The molecule has 15 heteroatoms. The third kappa shape index (κ3) is 5.18. The van der Waals surface area contributed by atoms with Crippen molar-refractivity contribution in [3.05, 3.63) is 45.0 Å². The molecule has 1 N–H and O–H groups in total. The zero-order valence-electron chi connectivity index (χ0n) is 18.8. The van der Waals surface area contributed by atoms with Crippen LogP contribution in [-0.4, -0.2) is 79.5 Å². The van der Waals surface area contributed by atoms with Crippen molar-refractivity contribution >= 4 is 22.9 Å². The molecule has 0 unspecified atom stereocenters. The van der Waals surface area contributed by atoms with Crippen LogP contribution in [0.15, 0.2) is 28.2 Å². The van der Waals surface area contributed by atoms with Crippen LogP contribution in [0.3, 0.4) is 0 Å². The Morgan fingerprint density at radius 3 is 2.43 bits per heavy atom. The van der Waals surface area contributed by atoms with Crippen LogP contribution in [0.1, 0.15) is 12.0 Å². The van der Waals surface area contributed by atoms with Crippen molar-refractivity contribution in [2.45, 2.75) is 19.1 Å². The van der Waals surface area contributed by atoms with Gasteiger partial charge in [-0.15, -0.1) is 0 Å². The van der Waals surface area contributed by atoms with Gasteiger partial charge in [0.05, 0.1) is 43.5 Å². The Hall–Kier alpha value is -3.75. The first-order valence-electron chi connectivity index (χ1n) is 10.8. The molecule has 188 valence electrons. The maximum absolute atomic E-state index is 12.7. The maximum Gasteiger partial charge on any atom is 0.419 e. The van der Waals surface area contributed by atoms with Gasteiger partial charge in [0.25, 0.3) is 5.56 Å². The number of fused-ring (bicyclic) bond motifs is 1. The van der Waals surface area contributed by atoms with Crippen molar-refractivity contribution in [1.29, 1.82) is 0 Å². The molecule has 0 radical (unpaired) electrons. The molecule has 4 rings (SSSR count). The number of carbonyl (C=O) groups is 1. The predicted molar refractivity (Wildman–Crippen MR) is 117 cm³/mol. The number of aryl methyl sites for hydroxylation is 1. The topological polar surface area (TPSA) is 131 Å². The van der Waals surface area contributed by atoms with Crippen LogP contribution in [0.4, 0.5) is 19.1 Å². The van der Waals surface area contributed by atoms with Crippen LogP contribution >= 0.6 is 0 Å². The Morgan fingerprint density at radius 2 is 1.77 bits per heavy atom. The van der Waals surface area contributed by atoms with E-state index in [0.29, 0.717) is 31.7 Å². The van der Waals surface area contributed by atoms with Crippen molar-refractivity contribution < 1.29 is 22.7 Å². The normalized spacial score (nSPS) is 14.6. The number of piperazine rings is 1. The fourth-order valence-electron chi connectivity index (χ4n) is 3.86. The number of anilines is 1. The van der Waals surface area contributed by atoms with E-state index in [2.05, 4.69) is 20.2 Å². The molecule has 1 aliphatic heterocycles. The number of nitrogens with one attached hydrogen (secondary N) is 1. The van der Waals surface area contributed by atoms with Gasteiger partial charge in [-0.3, -0.25) is 18.7 Å². The number of aromatic amines is 1. The van der Waals surface area contributed by atoms with Gasteiger partial charge in [0.2, 0.25) is 11.9 Å². The number of hydrogen-bond acceptors (Lipinski definition) is 8. The Bertz CT molecular complexity index is 1310. The van der Waals surface area contributed by atoms with Crippen LogP contribution < -0.4 is 16.1 Å². The second-order valence-electron chi connectivity index (χ2n) is 7.93. The van der Waals surface area contributed by atoms with E-state index in [0.717, 1.165) is 12.4 Å². The average Bonchev–Trinajstić information content (AvgIpc) is 3.09. The molecular weight excluding hydrogens is 473 g/mol. The molecule has 0 atom stereocenters. The molecule has 0 aliphatic carbocycles. The molecule has 1 saturated heterocycles. The third-order valence-electron chi connectivity index (χ3n) is 5.75. The number of rotatable bonds is 7. The summed E-state index contributed by atoms with van der Waals surface area (Å²) in [7, 11) is 1.50. The van der Waals surface area contributed by atoms with E-state index in [-0.39, 0.29) is 49.2 Å². The van der Waals surface area contributed by atoms with Crippen LogP contribution in [0, 0.1) is 0 Å². The number of H-pyrrole nitrogens is 1. The highest BCUT2D eigenvalue weighted by molar-refractivity contribution is 5.76. The minimum absolute atomic E-state index is 0.115. The summed E-state index contributed by atoms with van der Waals surface area (Å²) in [5, 5.41) is 6.02. The van der Waals surface area contributed by atoms with E-state index >= 15 is 0 Å². The van der Waals surface area contributed by atoms with Crippen molar-refractivity contribution in [3.8, 4) is 0 Å². The third-order valence-corrected chi connectivity index (χ3v) is 5.75. The molecule has 1 fully saturated rings. The van der Waals surface area contributed by atoms with Crippen molar-refractivity contribution in [3.63, 3.8) is 0 Å². The molecule has 0 bridgehead atoms. The number of aromatic nitrogens is 6. The Morgan fingerprint density at radius 1 is 1.09 bits per heavy atom. The Labute approximate surface area is 195 Å². The van der Waals surface area contributed by atoms with Gasteiger partial charge in [-0.2, -0.15) is 18.3 Å². The Kier molecular flexibility index (Phi) is 6.86. The van der Waals surface area contributed by atoms with Crippen LogP contribution in [-0.2, 0) is 29.3 Å². The summed E-state index contributed by atoms with van der Waals surface area (Å²) in [4.78, 5) is 47.7. The number of nitrogens with zero attached hydrogens (tertiary/aromatic N) is 7. The highest BCUT2D eigenvalue weighted by Gasteiger charge is 2.32. The predicted octanol–water partition coefficient (Wildman–Crippen LogP) is -0.0124. The lowest BCUT2D eigenvalue weighted by molar-refractivity contribution is -0.138. The lowest BCUT2D eigenvalue weighted by Gasteiger charge is -2.34. The number of carbonyl (C=O) groups excluding carboxylic acids is 1. The zero-order chi connectivity index (χ0) is 25.2. The first kappa shape index (κ1) is 24.4. The fraction of sp³-hybridized carbons (Fsp3) is 0.500. The molecular formula is C20H23F3N8O4. The van der Waals surface area contributed by atoms with Gasteiger partial charge in [0, 0.05) is 45.6 Å². The second kappa shape index (κ2) is 9.85. The lowest BCUT2D eigenvalue weighted by atomic mass is 10.3. The molecule has 12 nitrogen and oxygen atoms in total. The highest BCUT2D eigenvalue weighted by Crippen LogP contribution is 2.28. The molecule has 1 amide bonds. The average molecular weight is 496 g/mol. The summed E-state index contributed by atoms with van der Waals surface area (Å²) in [6.07, 6.45) is -1.46. The van der Waals surface area contributed by atoms with Crippen molar-refractivity contribution in [1.82, 2.24) is 34.2 Å². The van der Waals surface area contributed by atoms with E-state index in [1.807, 2.05) is 0 Å². The van der Waals surface area contributed by atoms with Gasteiger partial charge in [0.15, 0.2) is 0 Å². The largest absolute Gasteiger partial charge is 0.419 e. The number of amides is 1. The number of halogens is 3. The maximum atomic E-state index is 12.7. The molecule has 35 heavy (non-hydrogen) atoms. The summed E-state index contributed by atoms with van der Waals surface area (Å²) >= 11 is 0. The van der Waals surface area contributed by atoms with Gasteiger partial charge in [-0.25, -0.2) is 19.9 Å². The first-order chi connectivity index (χ1) is 16.7. The minimum atomic E-state index is -4.49. The first-order valence-corrected chi connectivity index (χ1v) is 10.8. The van der Waals surface area contributed by atoms with Gasteiger partial charge >= 0.3 is 11.9 Å². The van der Waals surface area contributed by atoms with E-state index in [1.165, 1.54) is 22.4 Å². The van der Waals surface area contributed by atoms with Gasteiger partial charge < -0.3 is 14.5 Å². The molecule has 0 aromatic carbocycles. The van der Waals surface area contributed by atoms with E-state index in [4.69, 9.17) is 4.74 Å². The molecule has 0 spiro atoms. The standard InChI is InChI=1S/C20H23F3N8O4/c1-28-16-14(12-26-27-17(16)33)31(19(28)34)7-9-35-8-2-15(32)29-3-5-30(6-4-29)18-24-10-13(11-25-18)20(21,22)23/h10-12H,2-9H2,1H3,(H,27,33). The van der Waals surface area contributed by atoms with E-state index in [9.17, 15) is 27.6 Å². The molecule has 4 heterocycles. The monoisotopic (exact) mass is 496 g/mol. The van der Waals surface area contributed by atoms with E-state index in [1.54, 1.807) is 9.80 Å². The number of imidazole rings is 1. The summed E-state index contributed by atoms with van der Waals surface area (Å²) in [5.74, 6) is 0.0744. The number of ether oxygens (including phenoxy) is 1. The highest BCUT2D eigenvalue weighted by atomic mass is 19.4. The van der Waals surface area contributed by atoms with Gasteiger partial charge in [0.1, 0.15) is 5.52 Å². The van der Waals surface area contributed by atoms with Crippen molar-refractivity contribution in [2.75, 3.05) is 44.3 Å². The van der Waals surface area contributed by atoms with Gasteiger partial charge in [-0.1, -0.05) is 0 Å². The van der Waals surface area contributed by atoms with Crippen LogP contribution in [0.2, 0.25) is 0 Å². The molecule has 0 saturated carbocycles. The summed E-state index contributed by atoms with van der Waals surface area (Å²) in [5.41, 5.74) is -1.12.